The highest BCUT2D eigenvalue weighted by Crippen LogP contribution is 2.39. The van der Waals surface area contributed by atoms with Crippen molar-refractivity contribution in [1.29, 1.82) is 0 Å². The maximum atomic E-state index is 12.3. The van der Waals surface area contributed by atoms with Crippen molar-refractivity contribution in [3.05, 3.63) is 29.8 Å². The number of carbonyl (C=O) groups is 2. The first-order valence-electron chi connectivity index (χ1n) is 8.94. The highest BCUT2D eigenvalue weighted by Gasteiger charge is 2.38. The zero-order chi connectivity index (χ0) is 18.5. The average molecular weight is 347 g/mol. The minimum absolute atomic E-state index is 0.243. The molecule has 0 atom stereocenters. The quantitative estimate of drug-likeness (QED) is 0.757. The summed E-state index contributed by atoms with van der Waals surface area (Å²) in [6.07, 6.45) is 2.62. The number of rotatable bonds is 5. The van der Waals surface area contributed by atoms with Crippen LogP contribution in [0, 0.1) is 0 Å². The van der Waals surface area contributed by atoms with Gasteiger partial charge < -0.3 is 19.2 Å². The van der Waals surface area contributed by atoms with Crippen LogP contribution in [0.15, 0.2) is 24.3 Å². The third kappa shape index (κ3) is 4.97. The third-order valence-corrected chi connectivity index (χ3v) is 4.60. The highest BCUT2D eigenvalue weighted by molar-refractivity contribution is 5.68. The van der Waals surface area contributed by atoms with Crippen LogP contribution in [0.25, 0.3) is 0 Å². The molecule has 0 radical (unpaired) electrons. The van der Waals surface area contributed by atoms with Gasteiger partial charge >= 0.3 is 6.09 Å². The van der Waals surface area contributed by atoms with Crippen LogP contribution in [0.1, 0.15) is 52.5 Å². The lowest BCUT2D eigenvalue weighted by Gasteiger charge is -2.41. The maximum Gasteiger partial charge on any atom is 0.410 e. The summed E-state index contributed by atoms with van der Waals surface area (Å²) in [6.45, 7) is 9.33. The molecular weight excluding hydrogens is 318 g/mol. The topological polar surface area (TPSA) is 55.8 Å². The number of hydrogen-bond donors (Lipinski definition) is 0. The number of piperidine rings is 1. The fourth-order valence-electron chi connectivity index (χ4n) is 3.30. The van der Waals surface area contributed by atoms with Crippen LogP contribution in [0.2, 0.25) is 0 Å². The van der Waals surface area contributed by atoms with Crippen molar-refractivity contribution in [2.75, 3.05) is 19.7 Å². The summed E-state index contributed by atoms with van der Waals surface area (Å²) in [4.78, 5) is 25.3. The average Bonchev–Trinajstić information content (AvgIpc) is 2.55. The summed E-state index contributed by atoms with van der Waals surface area (Å²) in [6, 6.07) is 7.97. The molecule has 0 N–H and O–H groups in total. The van der Waals surface area contributed by atoms with E-state index in [-0.39, 0.29) is 11.5 Å². The molecule has 5 nitrogen and oxygen atoms in total. The molecule has 0 saturated carbocycles. The summed E-state index contributed by atoms with van der Waals surface area (Å²) in [5.41, 5.74) is 0.363. The van der Waals surface area contributed by atoms with E-state index >= 15 is 0 Å². The Labute approximate surface area is 150 Å². The van der Waals surface area contributed by atoms with Crippen LogP contribution >= 0.6 is 0 Å². The lowest BCUT2D eigenvalue weighted by molar-refractivity contribution is -0.109. The van der Waals surface area contributed by atoms with Gasteiger partial charge in [-0.25, -0.2) is 4.79 Å². The SMILES string of the molecule is CCOc1cccc(C2(CC=O)CCN(C(=O)OC(C)(C)C)CC2)c1. The van der Waals surface area contributed by atoms with E-state index in [1.165, 1.54) is 0 Å². The molecule has 0 aromatic heterocycles. The summed E-state index contributed by atoms with van der Waals surface area (Å²) in [5.74, 6) is 0.819. The van der Waals surface area contributed by atoms with Crippen LogP contribution in [-0.4, -0.2) is 42.6 Å². The molecule has 0 bridgehead atoms. The van der Waals surface area contributed by atoms with Crippen molar-refractivity contribution >= 4 is 12.4 Å². The van der Waals surface area contributed by atoms with Gasteiger partial charge in [-0.1, -0.05) is 12.1 Å². The second-order valence-corrected chi connectivity index (χ2v) is 7.58. The van der Waals surface area contributed by atoms with Gasteiger partial charge in [-0.2, -0.15) is 0 Å². The molecule has 5 heteroatoms. The Morgan fingerprint density at radius 1 is 1.28 bits per heavy atom. The van der Waals surface area contributed by atoms with E-state index in [0.29, 0.717) is 26.1 Å². The van der Waals surface area contributed by atoms with Crippen molar-refractivity contribution < 1.29 is 19.1 Å². The molecule has 25 heavy (non-hydrogen) atoms. The minimum Gasteiger partial charge on any atom is -0.494 e. The third-order valence-electron chi connectivity index (χ3n) is 4.60. The Kier molecular flexibility index (Phi) is 6.09. The predicted molar refractivity (Wildman–Crippen MR) is 97.0 cm³/mol. The van der Waals surface area contributed by atoms with Gasteiger partial charge in [0.1, 0.15) is 17.6 Å². The molecule has 0 aliphatic carbocycles. The number of nitrogens with zero attached hydrogens (tertiary/aromatic N) is 1. The van der Waals surface area contributed by atoms with Crippen molar-refractivity contribution in [3.8, 4) is 5.75 Å². The van der Waals surface area contributed by atoms with Gasteiger partial charge in [-0.15, -0.1) is 0 Å². The van der Waals surface area contributed by atoms with Gasteiger partial charge in [0.05, 0.1) is 6.61 Å². The Balaban J connectivity index is 2.14. The molecule has 1 aliphatic heterocycles. The molecular formula is C20H29NO4. The van der Waals surface area contributed by atoms with Crippen molar-refractivity contribution in [1.82, 2.24) is 4.90 Å². The number of carbonyl (C=O) groups excluding carboxylic acids is 2. The lowest BCUT2D eigenvalue weighted by Crippen LogP contribution is -2.47. The van der Waals surface area contributed by atoms with Gasteiger partial charge in [0, 0.05) is 24.9 Å². The summed E-state index contributed by atoms with van der Waals surface area (Å²) in [5, 5.41) is 0. The van der Waals surface area contributed by atoms with Crippen LogP contribution in [0.5, 0.6) is 5.75 Å². The summed E-state index contributed by atoms with van der Waals surface area (Å²) in [7, 11) is 0. The van der Waals surface area contributed by atoms with E-state index in [1.54, 1.807) is 4.90 Å². The second-order valence-electron chi connectivity index (χ2n) is 7.58. The first-order chi connectivity index (χ1) is 11.8. The van der Waals surface area contributed by atoms with Gasteiger partial charge in [0.2, 0.25) is 0 Å². The molecule has 1 saturated heterocycles. The molecule has 1 aromatic carbocycles. The minimum atomic E-state index is -0.500. The Bertz CT molecular complexity index is 598. The number of hydrogen-bond acceptors (Lipinski definition) is 4. The normalized spacial score (nSPS) is 17.0. The molecule has 138 valence electrons. The maximum absolute atomic E-state index is 12.3. The first kappa shape index (κ1) is 19.3. The van der Waals surface area contributed by atoms with Crippen LogP contribution < -0.4 is 4.74 Å². The highest BCUT2D eigenvalue weighted by atomic mass is 16.6. The van der Waals surface area contributed by atoms with Crippen molar-refractivity contribution in [2.24, 2.45) is 0 Å². The zero-order valence-electron chi connectivity index (χ0n) is 15.7. The van der Waals surface area contributed by atoms with E-state index in [0.717, 1.165) is 30.4 Å². The standard InChI is InChI=1S/C20H29NO4/c1-5-24-17-8-6-7-16(15-17)20(11-14-22)9-12-21(13-10-20)18(23)25-19(2,3)4/h6-8,14-15H,5,9-13H2,1-4H3. The number of benzene rings is 1. The molecule has 1 aromatic rings. The Hall–Kier alpha value is -2.04. The second kappa shape index (κ2) is 7.89. The fraction of sp³-hybridized carbons (Fsp3) is 0.600. The van der Waals surface area contributed by atoms with E-state index in [1.807, 2.05) is 45.9 Å². The summed E-state index contributed by atoms with van der Waals surface area (Å²) < 4.78 is 11.1. The van der Waals surface area contributed by atoms with Gasteiger partial charge in [0.25, 0.3) is 0 Å². The van der Waals surface area contributed by atoms with E-state index in [9.17, 15) is 9.59 Å². The molecule has 2 rings (SSSR count). The number of likely N-dealkylation sites (tertiary alicyclic amines) is 1. The van der Waals surface area contributed by atoms with Gasteiger partial charge in [0.15, 0.2) is 0 Å². The molecule has 0 unspecified atom stereocenters. The Morgan fingerprint density at radius 3 is 2.52 bits per heavy atom. The van der Waals surface area contributed by atoms with Gasteiger partial charge in [-0.3, -0.25) is 0 Å². The van der Waals surface area contributed by atoms with E-state index in [4.69, 9.17) is 9.47 Å². The van der Waals surface area contributed by atoms with Crippen LogP contribution in [0.3, 0.4) is 0 Å². The molecule has 1 aliphatic rings. The summed E-state index contributed by atoms with van der Waals surface area (Å²) >= 11 is 0. The van der Waals surface area contributed by atoms with E-state index < -0.39 is 5.60 Å². The van der Waals surface area contributed by atoms with E-state index in [2.05, 4.69) is 6.07 Å². The molecule has 0 spiro atoms. The zero-order valence-corrected chi connectivity index (χ0v) is 15.7. The number of ether oxygens (including phenoxy) is 2. The van der Waals surface area contributed by atoms with Crippen molar-refractivity contribution in [2.45, 2.75) is 58.0 Å². The monoisotopic (exact) mass is 347 g/mol. The lowest BCUT2D eigenvalue weighted by atomic mass is 9.71. The fourth-order valence-corrected chi connectivity index (χ4v) is 3.30. The molecule has 1 amide bonds. The number of aldehydes is 1. The Morgan fingerprint density at radius 2 is 1.96 bits per heavy atom. The van der Waals surface area contributed by atoms with Crippen molar-refractivity contribution in [3.63, 3.8) is 0 Å². The van der Waals surface area contributed by atoms with Crippen LogP contribution in [0.4, 0.5) is 4.79 Å². The smallest absolute Gasteiger partial charge is 0.410 e. The predicted octanol–water partition coefficient (Wildman–Crippen LogP) is 3.94. The largest absolute Gasteiger partial charge is 0.494 e. The van der Waals surface area contributed by atoms with Gasteiger partial charge in [-0.05, 0) is 58.2 Å². The van der Waals surface area contributed by atoms with Crippen LogP contribution in [-0.2, 0) is 14.9 Å². The molecule has 1 fully saturated rings. The first-order valence-corrected chi connectivity index (χ1v) is 8.94. The molecule has 1 heterocycles. The number of amides is 1.